The van der Waals surface area contributed by atoms with E-state index in [1.165, 1.54) is 41.8 Å². The molecular formula is C18H23N3O3S2. The summed E-state index contributed by atoms with van der Waals surface area (Å²) in [7, 11) is -1.76. The number of sulfonamides is 1. The van der Waals surface area contributed by atoms with Crippen LogP contribution in [-0.2, 0) is 14.8 Å². The van der Waals surface area contributed by atoms with E-state index >= 15 is 0 Å². The molecule has 0 radical (unpaired) electrons. The molecule has 0 atom stereocenters. The molecule has 3 rings (SSSR count). The quantitative estimate of drug-likeness (QED) is 0.811. The maximum Gasteiger partial charge on any atom is 0.231 e. The Balaban J connectivity index is 1.64. The number of rotatable bonds is 6. The van der Waals surface area contributed by atoms with Crippen molar-refractivity contribution in [3.8, 4) is 11.3 Å². The second kappa shape index (κ2) is 7.75. The van der Waals surface area contributed by atoms with Crippen molar-refractivity contribution in [2.24, 2.45) is 5.92 Å². The van der Waals surface area contributed by atoms with Crippen molar-refractivity contribution in [2.45, 2.75) is 32.1 Å². The van der Waals surface area contributed by atoms with E-state index in [0.717, 1.165) is 24.1 Å². The summed E-state index contributed by atoms with van der Waals surface area (Å²) in [5.41, 5.74) is 2.24. The van der Waals surface area contributed by atoms with Gasteiger partial charge in [0.05, 0.1) is 17.6 Å². The molecule has 6 nitrogen and oxygen atoms in total. The molecule has 26 heavy (non-hydrogen) atoms. The minimum Gasteiger partial charge on any atom is -0.302 e. The van der Waals surface area contributed by atoms with Gasteiger partial charge in [-0.25, -0.2) is 13.4 Å². The van der Waals surface area contributed by atoms with Crippen molar-refractivity contribution in [1.29, 1.82) is 0 Å². The second-order valence-corrected chi connectivity index (χ2v) is 9.59. The van der Waals surface area contributed by atoms with Gasteiger partial charge in [-0.1, -0.05) is 25.0 Å². The van der Waals surface area contributed by atoms with E-state index < -0.39 is 10.0 Å². The van der Waals surface area contributed by atoms with Crippen molar-refractivity contribution in [1.82, 2.24) is 4.98 Å². The van der Waals surface area contributed by atoms with Gasteiger partial charge in [-0.3, -0.25) is 9.10 Å². The highest BCUT2D eigenvalue weighted by Crippen LogP contribution is 2.29. The molecule has 0 spiro atoms. The summed E-state index contributed by atoms with van der Waals surface area (Å²) >= 11 is 1.40. The van der Waals surface area contributed by atoms with E-state index in [-0.39, 0.29) is 5.91 Å². The molecule has 0 saturated heterocycles. The second-order valence-electron chi connectivity index (χ2n) is 6.72. The maximum absolute atomic E-state index is 12.1. The van der Waals surface area contributed by atoms with Gasteiger partial charge in [0.1, 0.15) is 0 Å². The largest absolute Gasteiger partial charge is 0.302 e. The van der Waals surface area contributed by atoms with Crippen LogP contribution in [0.2, 0.25) is 0 Å². The maximum atomic E-state index is 12.1. The van der Waals surface area contributed by atoms with Crippen molar-refractivity contribution >= 4 is 38.1 Å². The van der Waals surface area contributed by atoms with Crippen LogP contribution in [0.4, 0.5) is 10.8 Å². The van der Waals surface area contributed by atoms with E-state index in [4.69, 9.17) is 0 Å². The van der Waals surface area contributed by atoms with Crippen LogP contribution in [0, 0.1) is 5.92 Å². The van der Waals surface area contributed by atoms with E-state index in [1.54, 1.807) is 12.1 Å². The number of benzene rings is 1. The number of nitrogens with zero attached hydrogens (tertiary/aromatic N) is 2. The predicted molar refractivity (Wildman–Crippen MR) is 106 cm³/mol. The molecule has 8 heteroatoms. The lowest BCUT2D eigenvalue weighted by molar-refractivity contribution is -0.117. The van der Waals surface area contributed by atoms with Gasteiger partial charge in [0.15, 0.2) is 5.13 Å². The molecule has 0 aliphatic heterocycles. The molecule has 1 amide bonds. The number of thiazole rings is 1. The first-order chi connectivity index (χ1) is 12.3. The lowest BCUT2D eigenvalue weighted by Gasteiger charge is -2.16. The van der Waals surface area contributed by atoms with Crippen LogP contribution in [0.25, 0.3) is 11.3 Å². The van der Waals surface area contributed by atoms with Crippen molar-refractivity contribution in [2.75, 3.05) is 22.9 Å². The lowest BCUT2D eigenvalue weighted by atomic mass is 10.0. The monoisotopic (exact) mass is 393 g/mol. The fraction of sp³-hybridized carbons (Fsp3) is 0.444. The summed E-state index contributed by atoms with van der Waals surface area (Å²) < 4.78 is 24.4. The van der Waals surface area contributed by atoms with Crippen molar-refractivity contribution in [3.05, 3.63) is 29.6 Å². The molecule has 2 aromatic rings. The Labute approximate surface area is 158 Å². The third kappa shape index (κ3) is 4.62. The van der Waals surface area contributed by atoms with E-state index in [2.05, 4.69) is 10.3 Å². The molecule has 140 valence electrons. The van der Waals surface area contributed by atoms with Crippen molar-refractivity contribution in [3.63, 3.8) is 0 Å². The minimum atomic E-state index is -3.28. The number of nitrogens with one attached hydrogen (secondary N) is 1. The number of hydrogen-bond donors (Lipinski definition) is 1. The van der Waals surface area contributed by atoms with Crippen LogP contribution in [0.1, 0.15) is 32.1 Å². The minimum absolute atomic E-state index is 0.0305. The Morgan fingerprint density at radius 3 is 2.54 bits per heavy atom. The van der Waals surface area contributed by atoms with Crippen LogP contribution in [0.15, 0.2) is 29.6 Å². The Morgan fingerprint density at radius 1 is 1.27 bits per heavy atom. The van der Waals surface area contributed by atoms with Crippen LogP contribution in [-0.4, -0.2) is 32.6 Å². The van der Waals surface area contributed by atoms with Gasteiger partial charge in [0.25, 0.3) is 0 Å². The summed E-state index contributed by atoms with van der Waals surface area (Å²) in [5.74, 6) is 0.539. The first kappa shape index (κ1) is 18.8. The third-order valence-corrected chi connectivity index (χ3v) is 6.69. The van der Waals surface area contributed by atoms with Gasteiger partial charge in [0.2, 0.25) is 15.9 Å². The molecule has 1 fully saturated rings. The molecule has 1 aromatic heterocycles. The molecule has 1 aliphatic rings. The fourth-order valence-corrected chi connectivity index (χ4v) is 4.38. The third-order valence-electron chi connectivity index (χ3n) is 4.72. The van der Waals surface area contributed by atoms with Crippen LogP contribution >= 0.6 is 11.3 Å². The zero-order chi connectivity index (χ0) is 18.7. The summed E-state index contributed by atoms with van der Waals surface area (Å²) in [6.45, 7) is 0. The Morgan fingerprint density at radius 2 is 1.92 bits per heavy atom. The van der Waals surface area contributed by atoms with E-state index in [1.807, 2.05) is 17.5 Å². The van der Waals surface area contributed by atoms with Gasteiger partial charge in [-0.15, -0.1) is 11.3 Å². The summed E-state index contributed by atoms with van der Waals surface area (Å²) in [5, 5.41) is 5.38. The highest BCUT2D eigenvalue weighted by atomic mass is 32.2. The van der Waals surface area contributed by atoms with E-state index in [9.17, 15) is 13.2 Å². The smallest absolute Gasteiger partial charge is 0.231 e. The number of amides is 1. The molecule has 1 aromatic carbocycles. The highest BCUT2D eigenvalue weighted by molar-refractivity contribution is 7.92. The molecule has 0 bridgehead atoms. The molecule has 1 heterocycles. The zero-order valence-corrected chi connectivity index (χ0v) is 16.6. The topological polar surface area (TPSA) is 79.4 Å². The van der Waals surface area contributed by atoms with Gasteiger partial charge in [0, 0.05) is 24.4 Å². The van der Waals surface area contributed by atoms with Gasteiger partial charge in [-0.2, -0.15) is 0 Å². The lowest BCUT2D eigenvalue weighted by Crippen LogP contribution is -2.24. The standard InChI is InChI=1S/C18H23N3O3S2/c1-21(26(2,23)24)15-9-7-14(8-10-15)16-12-25-18(19-16)20-17(22)11-13-5-3-4-6-13/h7-10,12-13H,3-6,11H2,1-2H3,(H,19,20,22). The number of carbonyl (C=O) groups is 1. The van der Waals surface area contributed by atoms with Gasteiger partial charge < -0.3 is 5.32 Å². The average Bonchev–Trinajstić information content (AvgIpc) is 3.25. The Hall–Kier alpha value is -1.93. The van der Waals surface area contributed by atoms with Crippen LogP contribution < -0.4 is 9.62 Å². The van der Waals surface area contributed by atoms with Gasteiger partial charge in [-0.05, 0) is 30.9 Å². The van der Waals surface area contributed by atoms with E-state index in [0.29, 0.717) is 23.2 Å². The molecule has 1 saturated carbocycles. The Kier molecular flexibility index (Phi) is 5.62. The molecule has 0 unspecified atom stereocenters. The summed E-state index contributed by atoms with van der Waals surface area (Å²) in [6.07, 6.45) is 6.48. The normalized spacial score (nSPS) is 15.2. The van der Waals surface area contributed by atoms with Gasteiger partial charge >= 0.3 is 0 Å². The molecule has 1 N–H and O–H groups in total. The molecular weight excluding hydrogens is 370 g/mol. The summed E-state index contributed by atoms with van der Waals surface area (Å²) in [4.78, 5) is 16.6. The fourth-order valence-electron chi connectivity index (χ4n) is 3.14. The zero-order valence-electron chi connectivity index (χ0n) is 14.9. The number of hydrogen-bond acceptors (Lipinski definition) is 5. The number of carbonyl (C=O) groups excluding carboxylic acids is 1. The van der Waals surface area contributed by atoms with Crippen LogP contribution in [0.5, 0.6) is 0 Å². The number of anilines is 2. The highest BCUT2D eigenvalue weighted by Gasteiger charge is 2.19. The molecule has 1 aliphatic carbocycles. The summed E-state index contributed by atoms with van der Waals surface area (Å²) in [6, 6.07) is 7.15. The van der Waals surface area contributed by atoms with Crippen LogP contribution in [0.3, 0.4) is 0 Å². The average molecular weight is 394 g/mol. The van der Waals surface area contributed by atoms with Crippen molar-refractivity contribution < 1.29 is 13.2 Å². The SMILES string of the molecule is CN(c1ccc(-c2csc(NC(=O)CC3CCCC3)n2)cc1)S(C)(=O)=O. The predicted octanol–water partition coefficient (Wildman–Crippen LogP) is 3.72. The Bertz CT molecular complexity index is 869. The first-order valence-electron chi connectivity index (χ1n) is 8.62. The number of aromatic nitrogens is 1. The first-order valence-corrected chi connectivity index (χ1v) is 11.4.